The van der Waals surface area contributed by atoms with Gasteiger partial charge < -0.3 is 15.0 Å². The van der Waals surface area contributed by atoms with Gasteiger partial charge in [-0.1, -0.05) is 0 Å². The highest BCUT2D eigenvalue weighted by atomic mass is 19.4. The Morgan fingerprint density at radius 1 is 1.42 bits per heavy atom. The number of rotatable bonds is 3. The molecular formula is C14H8F4N4O4. The van der Waals surface area contributed by atoms with E-state index in [1.165, 1.54) is 0 Å². The van der Waals surface area contributed by atoms with E-state index in [4.69, 9.17) is 11.0 Å². The van der Waals surface area contributed by atoms with Crippen molar-refractivity contribution in [2.45, 2.75) is 6.18 Å². The van der Waals surface area contributed by atoms with Crippen LogP contribution in [0, 0.1) is 27.3 Å². The highest BCUT2D eigenvalue weighted by Crippen LogP contribution is 2.38. The zero-order chi connectivity index (χ0) is 19.8. The summed E-state index contributed by atoms with van der Waals surface area (Å²) in [5.41, 5.74) is 0.536. The van der Waals surface area contributed by atoms with Gasteiger partial charge in [0.05, 0.1) is 34.9 Å². The van der Waals surface area contributed by atoms with Crippen molar-refractivity contribution in [1.82, 2.24) is 4.57 Å². The summed E-state index contributed by atoms with van der Waals surface area (Å²) in [5.74, 6) is -3.02. The molecule has 1 heterocycles. The third kappa shape index (κ3) is 3.02. The fraction of sp³-hybridized carbons (Fsp3) is 0.143. The van der Waals surface area contributed by atoms with E-state index < -0.39 is 51.2 Å². The lowest BCUT2D eigenvalue weighted by Gasteiger charge is -2.13. The molecule has 0 saturated heterocycles. The Hall–Kier alpha value is -3.62. The lowest BCUT2D eigenvalue weighted by molar-refractivity contribution is -0.384. The lowest BCUT2D eigenvalue weighted by atomic mass is 10.1. The minimum absolute atomic E-state index is 0.0709. The van der Waals surface area contributed by atoms with Gasteiger partial charge in [-0.3, -0.25) is 10.1 Å². The highest BCUT2D eigenvalue weighted by Gasteiger charge is 2.37. The number of methoxy groups -OCH3 is 1. The molecule has 0 amide bonds. The molecule has 0 unspecified atom stereocenters. The third-order valence-corrected chi connectivity index (χ3v) is 3.37. The summed E-state index contributed by atoms with van der Waals surface area (Å²) in [6, 6.07) is 1.81. The van der Waals surface area contributed by atoms with Gasteiger partial charge in [0.2, 0.25) is 0 Å². The zero-order valence-electron chi connectivity index (χ0n) is 12.8. The summed E-state index contributed by atoms with van der Waals surface area (Å²) in [5, 5.41) is 20.1. The number of aromatic nitrogens is 1. The summed E-state index contributed by atoms with van der Waals surface area (Å²) in [7, 11) is 0.936. The summed E-state index contributed by atoms with van der Waals surface area (Å²) < 4.78 is 57.6. The van der Waals surface area contributed by atoms with E-state index in [0.29, 0.717) is 4.57 Å². The van der Waals surface area contributed by atoms with Crippen LogP contribution in [0.2, 0.25) is 0 Å². The number of carbonyl (C=O) groups excluding carboxylic acids is 1. The molecule has 0 fully saturated rings. The summed E-state index contributed by atoms with van der Waals surface area (Å²) >= 11 is 0. The second kappa shape index (κ2) is 6.36. The molecule has 2 N–H and O–H groups in total. The van der Waals surface area contributed by atoms with Gasteiger partial charge in [0, 0.05) is 6.20 Å². The Morgan fingerprint density at radius 3 is 2.50 bits per heavy atom. The van der Waals surface area contributed by atoms with E-state index in [0.717, 1.165) is 13.3 Å². The van der Waals surface area contributed by atoms with Gasteiger partial charge >= 0.3 is 12.1 Å². The molecule has 2 rings (SSSR count). The Bertz CT molecular complexity index is 959. The number of nitriles is 1. The van der Waals surface area contributed by atoms with Gasteiger partial charge in [-0.05, 0) is 6.07 Å². The molecule has 0 saturated carbocycles. The van der Waals surface area contributed by atoms with Crippen LogP contribution >= 0.6 is 0 Å². The first-order valence-electron chi connectivity index (χ1n) is 6.57. The number of anilines is 1. The zero-order valence-corrected chi connectivity index (χ0v) is 12.8. The molecule has 12 heteroatoms. The molecule has 1 aromatic heterocycles. The van der Waals surface area contributed by atoms with Crippen molar-refractivity contribution < 1.29 is 32.0 Å². The van der Waals surface area contributed by atoms with Gasteiger partial charge in [-0.25, -0.2) is 9.18 Å². The maximum Gasteiger partial charge on any atom is 0.419 e. The van der Waals surface area contributed by atoms with Crippen molar-refractivity contribution in [3.8, 4) is 11.8 Å². The number of esters is 1. The first kappa shape index (κ1) is 18.7. The number of hydrogen-bond donors (Lipinski definition) is 1. The van der Waals surface area contributed by atoms with E-state index in [-0.39, 0.29) is 17.7 Å². The highest BCUT2D eigenvalue weighted by molar-refractivity contribution is 5.96. The number of nitro groups is 1. The van der Waals surface area contributed by atoms with Gasteiger partial charge in [-0.2, -0.15) is 18.4 Å². The van der Waals surface area contributed by atoms with Crippen LogP contribution in [-0.2, 0) is 10.9 Å². The van der Waals surface area contributed by atoms with Crippen LogP contribution in [0.3, 0.4) is 0 Å². The maximum atomic E-state index is 13.7. The van der Waals surface area contributed by atoms with E-state index in [9.17, 15) is 32.5 Å². The first-order valence-corrected chi connectivity index (χ1v) is 6.57. The van der Waals surface area contributed by atoms with Gasteiger partial charge in [0.1, 0.15) is 17.6 Å². The topological polar surface area (TPSA) is 124 Å². The van der Waals surface area contributed by atoms with Crippen molar-refractivity contribution in [1.29, 1.82) is 5.26 Å². The number of nitrogens with zero attached hydrogens (tertiary/aromatic N) is 3. The average molecular weight is 372 g/mol. The number of alkyl halides is 3. The minimum atomic E-state index is -5.16. The van der Waals surface area contributed by atoms with Crippen molar-refractivity contribution >= 4 is 17.3 Å². The van der Waals surface area contributed by atoms with Crippen molar-refractivity contribution in [2.75, 3.05) is 12.8 Å². The van der Waals surface area contributed by atoms with Crippen molar-refractivity contribution in [3.63, 3.8) is 0 Å². The molecule has 0 radical (unpaired) electrons. The van der Waals surface area contributed by atoms with Gasteiger partial charge in [0.15, 0.2) is 5.69 Å². The third-order valence-electron chi connectivity index (χ3n) is 3.37. The first-order chi connectivity index (χ1) is 12.0. The number of nitro benzene ring substituents is 1. The van der Waals surface area contributed by atoms with Gasteiger partial charge in [0.25, 0.3) is 5.69 Å². The average Bonchev–Trinajstić information content (AvgIpc) is 2.89. The summed E-state index contributed by atoms with van der Waals surface area (Å²) in [6.45, 7) is 0. The summed E-state index contributed by atoms with van der Waals surface area (Å²) in [6.07, 6.45) is -4.34. The fourth-order valence-corrected chi connectivity index (χ4v) is 2.21. The molecule has 0 atom stereocenters. The monoisotopic (exact) mass is 372 g/mol. The smallest absolute Gasteiger partial charge is 0.419 e. The van der Waals surface area contributed by atoms with Crippen LogP contribution in [0.5, 0.6) is 0 Å². The number of carbonyl (C=O) groups is 1. The van der Waals surface area contributed by atoms with Gasteiger partial charge in [-0.15, -0.1) is 0 Å². The van der Waals surface area contributed by atoms with Crippen LogP contribution in [0.25, 0.3) is 5.69 Å². The Kier molecular flexibility index (Phi) is 4.57. The van der Waals surface area contributed by atoms with Crippen molar-refractivity contribution in [3.05, 3.63) is 51.1 Å². The van der Waals surface area contributed by atoms with Crippen LogP contribution in [0.1, 0.15) is 21.6 Å². The molecular weight excluding hydrogens is 364 g/mol. The Labute approximate surface area is 142 Å². The maximum absolute atomic E-state index is 13.7. The fourth-order valence-electron chi connectivity index (χ4n) is 2.21. The number of nitrogen functional groups attached to an aromatic ring is 1. The molecule has 26 heavy (non-hydrogen) atoms. The quantitative estimate of drug-likeness (QED) is 0.382. The standard InChI is InChI=1S/C14H8F4N4O4/c1-26-13(23)12-11(20)6(4-19)5-21(12)9-2-7(14(16,17)18)8(15)3-10(9)22(24)25/h2-3,5H,20H2,1H3. The number of hydrogen-bond acceptors (Lipinski definition) is 6. The number of halogens is 4. The predicted molar refractivity (Wildman–Crippen MR) is 77.9 cm³/mol. The molecule has 0 aliphatic rings. The second-order valence-corrected chi connectivity index (χ2v) is 4.85. The molecule has 1 aromatic carbocycles. The number of benzene rings is 1. The molecule has 0 spiro atoms. The number of nitrogens with two attached hydrogens (primary N) is 1. The largest absolute Gasteiger partial charge is 0.464 e. The minimum Gasteiger partial charge on any atom is -0.464 e. The van der Waals surface area contributed by atoms with E-state index in [1.54, 1.807) is 6.07 Å². The van der Waals surface area contributed by atoms with Crippen LogP contribution in [0.4, 0.5) is 28.9 Å². The SMILES string of the molecule is COC(=O)c1c(N)c(C#N)cn1-c1cc(C(F)(F)F)c(F)cc1[N+](=O)[O-]. The second-order valence-electron chi connectivity index (χ2n) is 4.85. The molecule has 136 valence electrons. The van der Waals surface area contributed by atoms with Crippen LogP contribution < -0.4 is 5.73 Å². The van der Waals surface area contributed by atoms with E-state index in [1.807, 2.05) is 0 Å². The lowest BCUT2D eigenvalue weighted by Crippen LogP contribution is -2.15. The van der Waals surface area contributed by atoms with Crippen molar-refractivity contribution in [2.24, 2.45) is 0 Å². The predicted octanol–water partition coefficient (Wildman–Crippen LogP) is 2.78. The Balaban J connectivity index is 2.94. The number of ether oxygens (including phenoxy) is 1. The van der Waals surface area contributed by atoms with Crippen LogP contribution in [-0.4, -0.2) is 22.6 Å². The molecule has 8 nitrogen and oxygen atoms in total. The normalized spacial score (nSPS) is 11.1. The molecule has 0 bridgehead atoms. The van der Waals surface area contributed by atoms with Crippen LogP contribution in [0.15, 0.2) is 18.3 Å². The van der Waals surface area contributed by atoms with E-state index in [2.05, 4.69) is 4.74 Å². The molecule has 0 aliphatic carbocycles. The van der Waals surface area contributed by atoms with E-state index >= 15 is 0 Å². The molecule has 0 aliphatic heterocycles. The molecule has 2 aromatic rings. The summed E-state index contributed by atoms with van der Waals surface area (Å²) in [4.78, 5) is 21.9. The Morgan fingerprint density at radius 2 is 2.04 bits per heavy atom.